The summed E-state index contributed by atoms with van der Waals surface area (Å²) in [5.74, 6) is -8.57. The van der Waals surface area contributed by atoms with Crippen LogP contribution >= 0.6 is 11.8 Å². The van der Waals surface area contributed by atoms with Crippen molar-refractivity contribution in [2.24, 2.45) is 0 Å². The van der Waals surface area contributed by atoms with Crippen molar-refractivity contribution in [3.63, 3.8) is 0 Å². The van der Waals surface area contributed by atoms with E-state index in [1.165, 1.54) is 24.3 Å². The molecule has 12 nitrogen and oxygen atoms in total. The van der Waals surface area contributed by atoms with Crippen LogP contribution in [0.15, 0.2) is 119 Å². The van der Waals surface area contributed by atoms with Gasteiger partial charge in [0.2, 0.25) is 0 Å². The van der Waals surface area contributed by atoms with Crippen LogP contribution in [0.3, 0.4) is 0 Å². The van der Waals surface area contributed by atoms with Gasteiger partial charge in [-0.2, -0.15) is 26.3 Å². The van der Waals surface area contributed by atoms with E-state index in [1.807, 2.05) is 0 Å². The number of ether oxygens (including phenoxy) is 2. The Morgan fingerprint density at radius 3 is 1.18 bits per heavy atom. The number of carboxylic acid groups (broad SMARTS) is 2. The molecule has 0 aromatic heterocycles. The third-order valence-electron chi connectivity index (χ3n) is 10.2. The van der Waals surface area contributed by atoms with E-state index in [2.05, 4.69) is 0 Å². The standard InChI is InChI=1S/C46H26F6N2O10S/c1-21-3-11-35(63-33-13-7-25(19-31(33)45(47,48)49)53-39(55)27-9-5-23(43(59)60)17-29(27)41(53)57)37(15-21)65-38-16-22(2)4-12-36(38)64-34-14-8-26(20-32(34)46(50,51)52)54-40(56)28-10-6-24(44(61)62)18-30(28)42(54)58/h3-20H,1-2H3,(H,59,60)(H,61,62). The summed E-state index contributed by atoms with van der Waals surface area (Å²) in [5.41, 5.74) is -4.16. The van der Waals surface area contributed by atoms with E-state index < -0.39 is 81.9 Å². The van der Waals surface area contributed by atoms with Crippen LogP contribution < -0.4 is 19.3 Å². The van der Waals surface area contributed by atoms with Gasteiger partial charge in [-0.1, -0.05) is 23.9 Å². The molecule has 2 N–H and O–H groups in total. The maximum atomic E-state index is 14.7. The predicted molar refractivity (Wildman–Crippen MR) is 219 cm³/mol. The van der Waals surface area contributed by atoms with Crippen molar-refractivity contribution in [3.8, 4) is 23.0 Å². The molecule has 65 heavy (non-hydrogen) atoms. The highest BCUT2D eigenvalue weighted by Gasteiger charge is 2.42. The largest absolute Gasteiger partial charge is 0.478 e. The average Bonchev–Trinajstić information content (AvgIpc) is 3.64. The number of alkyl halides is 6. The van der Waals surface area contributed by atoms with Crippen molar-refractivity contribution in [2.45, 2.75) is 36.0 Å². The molecule has 0 saturated carbocycles. The van der Waals surface area contributed by atoms with Gasteiger partial charge in [-0.3, -0.25) is 19.2 Å². The minimum absolute atomic E-state index is 0.134. The number of aromatic carboxylic acids is 2. The molecule has 19 heteroatoms. The van der Waals surface area contributed by atoms with Crippen LogP contribution in [0.4, 0.5) is 37.7 Å². The van der Waals surface area contributed by atoms with Gasteiger partial charge in [-0.25, -0.2) is 19.4 Å². The summed E-state index contributed by atoms with van der Waals surface area (Å²) in [6, 6.07) is 20.1. The normalized spacial score (nSPS) is 13.6. The number of carbonyl (C=O) groups is 6. The van der Waals surface area contributed by atoms with Crippen LogP contribution in [0.2, 0.25) is 0 Å². The first-order valence-electron chi connectivity index (χ1n) is 18.8. The zero-order valence-electron chi connectivity index (χ0n) is 33.1. The SMILES string of the molecule is Cc1ccc(Oc2ccc(N3C(=O)c4ccc(C(=O)O)cc4C3=O)cc2C(F)(F)F)c(Sc2cc(C)ccc2Oc2ccc(N3C(=O)c4ccc(C(=O)O)cc4C3=O)cc2C(F)(F)F)c1. The first kappa shape index (κ1) is 43.7. The Balaban J connectivity index is 1.10. The van der Waals surface area contributed by atoms with Crippen molar-refractivity contribution in [1.82, 2.24) is 0 Å². The number of hydrogen-bond acceptors (Lipinski definition) is 9. The van der Waals surface area contributed by atoms with Crippen LogP contribution in [-0.2, 0) is 12.4 Å². The van der Waals surface area contributed by atoms with E-state index in [0.29, 0.717) is 33.1 Å². The minimum atomic E-state index is -5.11. The van der Waals surface area contributed by atoms with Crippen molar-refractivity contribution in [1.29, 1.82) is 0 Å². The molecular weight excluding hydrogens is 887 g/mol. The summed E-state index contributed by atoms with van der Waals surface area (Å²) in [6.45, 7) is 3.35. The molecule has 0 unspecified atom stereocenters. The molecule has 4 amide bonds. The van der Waals surface area contributed by atoms with Gasteiger partial charge < -0.3 is 19.7 Å². The summed E-state index contributed by atoms with van der Waals surface area (Å²) in [6.07, 6.45) is -10.2. The van der Waals surface area contributed by atoms with Crippen molar-refractivity contribution in [2.75, 3.05) is 9.80 Å². The molecule has 0 atom stereocenters. The molecular formula is C46H26F6N2O10S. The van der Waals surface area contributed by atoms with Gasteiger partial charge in [0, 0.05) is 0 Å². The second-order valence-electron chi connectivity index (χ2n) is 14.6. The Bertz CT molecular complexity index is 2890. The fraction of sp³-hybridized carbons (Fsp3) is 0.0870. The molecule has 2 heterocycles. The van der Waals surface area contributed by atoms with Crippen LogP contribution in [0.25, 0.3) is 0 Å². The maximum Gasteiger partial charge on any atom is 0.420 e. The number of anilines is 2. The van der Waals surface area contributed by atoms with E-state index in [9.17, 15) is 65.3 Å². The number of aryl methyl sites for hydroxylation is 2. The van der Waals surface area contributed by atoms with E-state index in [-0.39, 0.29) is 54.7 Å². The quantitative estimate of drug-likeness (QED) is 0.0991. The highest BCUT2D eigenvalue weighted by Crippen LogP contribution is 2.48. The van der Waals surface area contributed by atoms with Gasteiger partial charge in [0.25, 0.3) is 23.6 Å². The number of nitrogens with zero attached hydrogens (tertiary/aromatic N) is 2. The summed E-state index contributed by atoms with van der Waals surface area (Å²) in [7, 11) is 0. The van der Waals surface area contributed by atoms with Crippen molar-refractivity contribution < 1.29 is 74.8 Å². The van der Waals surface area contributed by atoms with E-state index in [0.717, 1.165) is 72.4 Å². The zero-order chi connectivity index (χ0) is 46.9. The molecule has 0 radical (unpaired) electrons. The molecule has 2 aliphatic heterocycles. The topological polar surface area (TPSA) is 168 Å². The lowest BCUT2D eigenvalue weighted by Crippen LogP contribution is -2.29. The molecule has 6 aromatic rings. The lowest BCUT2D eigenvalue weighted by Gasteiger charge is -2.21. The summed E-state index contributed by atoms with van der Waals surface area (Å²) in [5, 5.41) is 18.7. The summed E-state index contributed by atoms with van der Waals surface area (Å²) < 4.78 is 100. The number of hydrogen-bond donors (Lipinski definition) is 2. The van der Waals surface area contributed by atoms with Gasteiger partial charge >= 0.3 is 24.3 Å². The number of carbonyl (C=O) groups excluding carboxylic acids is 4. The second-order valence-corrected chi connectivity index (χ2v) is 15.7. The molecule has 8 rings (SSSR count). The number of fused-ring (bicyclic) bond motifs is 2. The minimum Gasteiger partial charge on any atom is -0.478 e. The number of benzene rings is 6. The van der Waals surface area contributed by atoms with Gasteiger partial charge in [-0.05, 0) is 122 Å². The van der Waals surface area contributed by atoms with Crippen LogP contribution in [0, 0.1) is 13.8 Å². The smallest absolute Gasteiger partial charge is 0.420 e. The Labute approximate surface area is 366 Å². The number of amides is 4. The molecule has 6 aromatic carbocycles. The molecule has 0 bridgehead atoms. The maximum absolute atomic E-state index is 14.7. The highest BCUT2D eigenvalue weighted by molar-refractivity contribution is 7.99. The number of carboxylic acids is 2. The molecule has 0 fully saturated rings. The Hall–Kier alpha value is -7.93. The zero-order valence-corrected chi connectivity index (χ0v) is 33.9. The third-order valence-corrected chi connectivity index (χ3v) is 11.3. The van der Waals surface area contributed by atoms with Gasteiger partial charge in [0.05, 0.1) is 54.5 Å². The Kier molecular flexibility index (Phi) is 10.8. The fourth-order valence-corrected chi connectivity index (χ4v) is 8.21. The van der Waals surface area contributed by atoms with Gasteiger partial charge in [0.15, 0.2) is 0 Å². The lowest BCUT2D eigenvalue weighted by atomic mass is 10.1. The second kappa shape index (κ2) is 16.0. The van der Waals surface area contributed by atoms with Crippen LogP contribution in [0.1, 0.15) is 84.4 Å². The first-order chi connectivity index (χ1) is 30.6. The van der Waals surface area contributed by atoms with Crippen molar-refractivity contribution in [3.05, 3.63) is 165 Å². The third kappa shape index (κ3) is 8.12. The molecule has 0 saturated heterocycles. The lowest BCUT2D eigenvalue weighted by molar-refractivity contribution is -0.139. The van der Waals surface area contributed by atoms with Gasteiger partial charge in [-0.15, -0.1) is 0 Å². The average molecular weight is 913 g/mol. The summed E-state index contributed by atoms with van der Waals surface area (Å²) in [4.78, 5) is 77.2. The predicted octanol–water partition coefficient (Wildman–Crippen LogP) is 11.1. The Morgan fingerprint density at radius 1 is 0.477 bits per heavy atom. The van der Waals surface area contributed by atoms with Crippen LogP contribution in [0.5, 0.6) is 23.0 Å². The van der Waals surface area contributed by atoms with Crippen LogP contribution in [-0.4, -0.2) is 45.8 Å². The van der Waals surface area contributed by atoms with Crippen molar-refractivity contribution >= 4 is 58.7 Å². The molecule has 2 aliphatic rings. The molecule has 0 spiro atoms. The Morgan fingerprint density at radius 2 is 0.831 bits per heavy atom. The van der Waals surface area contributed by atoms with E-state index >= 15 is 0 Å². The number of halogens is 6. The first-order valence-corrected chi connectivity index (χ1v) is 19.6. The highest BCUT2D eigenvalue weighted by atomic mass is 32.2. The number of imide groups is 2. The fourth-order valence-electron chi connectivity index (χ4n) is 7.07. The monoisotopic (exact) mass is 912 g/mol. The van der Waals surface area contributed by atoms with Gasteiger partial charge in [0.1, 0.15) is 34.1 Å². The van der Waals surface area contributed by atoms with E-state index in [4.69, 9.17) is 9.47 Å². The molecule has 0 aliphatic carbocycles. The summed E-state index contributed by atoms with van der Waals surface area (Å²) >= 11 is 0.884. The van der Waals surface area contributed by atoms with E-state index in [1.54, 1.807) is 26.0 Å². The molecule has 328 valence electrons. The number of rotatable bonds is 10.